The van der Waals surface area contributed by atoms with E-state index in [4.69, 9.17) is 5.73 Å². The van der Waals surface area contributed by atoms with Crippen molar-refractivity contribution >= 4 is 0 Å². The Labute approximate surface area is 105 Å². The van der Waals surface area contributed by atoms with Gasteiger partial charge in [0.05, 0.1) is 0 Å². The van der Waals surface area contributed by atoms with Crippen LogP contribution in [0.1, 0.15) is 30.4 Å². The Balaban J connectivity index is 1.67. The summed E-state index contributed by atoms with van der Waals surface area (Å²) in [5, 5.41) is 3.56. The third-order valence-corrected chi connectivity index (χ3v) is 4.06. The monoisotopic (exact) mass is 232 g/mol. The van der Waals surface area contributed by atoms with E-state index in [1.807, 2.05) is 0 Å². The molecule has 1 aliphatic rings. The van der Waals surface area contributed by atoms with Crippen LogP contribution >= 0.6 is 0 Å². The van der Waals surface area contributed by atoms with Gasteiger partial charge < -0.3 is 11.1 Å². The average molecular weight is 232 g/mol. The summed E-state index contributed by atoms with van der Waals surface area (Å²) in [6.07, 6.45) is 5.08. The van der Waals surface area contributed by atoms with E-state index in [1.54, 1.807) is 0 Å². The molecule has 17 heavy (non-hydrogen) atoms. The van der Waals surface area contributed by atoms with Crippen molar-refractivity contribution in [3.8, 4) is 0 Å². The molecule has 1 aromatic rings. The lowest BCUT2D eigenvalue weighted by Crippen LogP contribution is -2.45. The zero-order valence-corrected chi connectivity index (χ0v) is 10.8. The number of hydrogen-bond donors (Lipinski definition) is 2. The minimum Gasteiger partial charge on any atom is -0.330 e. The molecule has 2 rings (SSSR count). The highest BCUT2D eigenvalue weighted by molar-refractivity contribution is 5.21. The van der Waals surface area contributed by atoms with Crippen molar-refractivity contribution in [3.63, 3.8) is 0 Å². The zero-order chi connectivity index (χ0) is 12.1. The molecule has 3 N–H and O–H groups in total. The van der Waals surface area contributed by atoms with Gasteiger partial charge in [0.25, 0.3) is 0 Å². The molecule has 0 unspecified atom stereocenters. The van der Waals surface area contributed by atoms with Crippen molar-refractivity contribution in [2.45, 2.75) is 32.6 Å². The second kappa shape index (κ2) is 5.65. The van der Waals surface area contributed by atoms with Gasteiger partial charge in [-0.3, -0.25) is 0 Å². The Kier molecular flexibility index (Phi) is 4.19. The standard InChI is InChI=1S/C15H24N2/c1-13-3-5-14(6-4-13)7-10-17-12-15(11-16)8-2-9-15/h3-6,17H,2,7-12,16H2,1H3. The van der Waals surface area contributed by atoms with Crippen LogP contribution in [-0.4, -0.2) is 19.6 Å². The number of rotatable bonds is 6. The lowest BCUT2D eigenvalue weighted by molar-refractivity contribution is 0.141. The molecule has 0 radical (unpaired) electrons. The van der Waals surface area contributed by atoms with Crippen LogP contribution in [0.3, 0.4) is 0 Å². The topological polar surface area (TPSA) is 38.0 Å². The number of benzene rings is 1. The first-order chi connectivity index (χ1) is 8.24. The molecule has 0 bridgehead atoms. The third kappa shape index (κ3) is 3.30. The van der Waals surface area contributed by atoms with Gasteiger partial charge in [0.2, 0.25) is 0 Å². The van der Waals surface area contributed by atoms with Crippen LogP contribution in [0.5, 0.6) is 0 Å². The molecular formula is C15H24N2. The molecule has 1 aliphatic carbocycles. The van der Waals surface area contributed by atoms with Gasteiger partial charge in [-0.2, -0.15) is 0 Å². The first kappa shape index (κ1) is 12.6. The average Bonchev–Trinajstić information content (AvgIpc) is 2.30. The van der Waals surface area contributed by atoms with Gasteiger partial charge in [-0.25, -0.2) is 0 Å². The third-order valence-electron chi connectivity index (χ3n) is 4.06. The van der Waals surface area contributed by atoms with Crippen LogP contribution in [0.15, 0.2) is 24.3 Å². The SMILES string of the molecule is Cc1ccc(CCNCC2(CN)CCC2)cc1. The van der Waals surface area contributed by atoms with E-state index in [0.717, 1.165) is 26.1 Å². The minimum atomic E-state index is 0.424. The van der Waals surface area contributed by atoms with Gasteiger partial charge in [-0.1, -0.05) is 36.2 Å². The summed E-state index contributed by atoms with van der Waals surface area (Å²) in [6.45, 7) is 5.12. The number of aryl methyl sites for hydroxylation is 1. The normalized spacial score (nSPS) is 17.8. The summed E-state index contributed by atoms with van der Waals surface area (Å²) < 4.78 is 0. The maximum atomic E-state index is 5.84. The Morgan fingerprint density at radius 3 is 2.47 bits per heavy atom. The molecule has 94 valence electrons. The van der Waals surface area contributed by atoms with Crippen molar-refractivity contribution in [2.24, 2.45) is 11.1 Å². The van der Waals surface area contributed by atoms with Crippen LogP contribution in [-0.2, 0) is 6.42 Å². The van der Waals surface area contributed by atoms with E-state index in [2.05, 4.69) is 36.5 Å². The van der Waals surface area contributed by atoms with Gasteiger partial charge >= 0.3 is 0 Å². The molecule has 0 spiro atoms. The van der Waals surface area contributed by atoms with Crippen molar-refractivity contribution in [1.29, 1.82) is 0 Å². The Hall–Kier alpha value is -0.860. The highest BCUT2D eigenvalue weighted by Gasteiger charge is 2.34. The van der Waals surface area contributed by atoms with Gasteiger partial charge in [-0.15, -0.1) is 0 Å². The Bertz CT molecular complexity index is 333. The predicted molar refractivity (Wildman–Crippen MR) is 73.1 cm³/mol. The maximum absolute atomic E-state index is 5.84. The first-order valence-electron chi connectivity index (χ1n) is 6.70. The van der Waals surface area contributed by atoms with E-state index in [9.17, 15) is 0 Å². The van der Waals surface area contributed by atoms with E-state index in [-0.39, 0.29) is 0 Å². The molecule has 0 heterocycles. The van der Waals surface area contributed by atoms with Crippen molar-refractivity contribution in [2.75, 3.05) is 19.6 Å². The van der Waals surface area contributed by atoms with Crippen molar-refractivity contribution < 1.29 is 0 Å². The molecule has 1 fully saturated rings. The molecule has 2 heteroatoms. The van der Waals surface area contributed by atoms with Crippen LogP contribution in [0.25, 0.3) is 0 Å². The second-order valence-corrected chi connectivity index (χ2v) is 5.47. The van der Waals surface area contributed by atoms with E-state index in [0.29, 0.717) is 5.41 Å². The Morgan fingerprint density at radius 2 is 1.94 bits per heavy atom. The minimum absolute atomic E-state index is 0.424. The van der Waals surface area contributed by atoms with Crippen LogP contribution in [0, 0.1) is 12.3 Å². The van der Waals surface area contributed by atoms with Crippen molar-refractivity contribution in [3.05, 3.63) is 35.4 Å². The molecular weight excluding hydrogens is 208 g/mol. The lowest BCUT2D eigenvalue weighted by atomic mass is 9.69. The first-order valence-corrected chi connectivity index (χ1v) is 6.70. The molecule has 0 aliphatic heterocycles. The lowest BCUT2D eigenvalue weighted by Gasteiger charge is -2.41. The Morgan fingerprint density at radius 1 is 1.24 bits per heavy atom. The molecule has 0 amide bonds. The second-order valence-electron chi connectivity index (χ2n) is 5.47. The van der Waals surface area contributed by atoms with Gasteiger partial charge in [0.15, 0.2) is 0 Å². The molecule has 1 aromatic carbocycles. The molecule has 0 aromatic heterocycles. The van der Waals surface area contributed by atoms with E-state index >= 15 is 0 Å². The van der Waals surface area contributed by atoms with Crippen LogP contribution in [0.4, 0.5) is 0 Å². The van der Waals surface area contributed by atoms with Gasteiger partial charge in [0, 0.05) is 6.54 Å². The molecule has 2 nitrogen and oxygen atoms in total. The fourth-order valence-electron chi connectivity index (χ4n) is 2.47. The number of hydrogen-bond acceptors (Lipinski definition) is 2. The summed E-state index contributed by atoms with van der Waals surface area (Å²) in [4.78, 5) is 0. The zero-order valence-electron chi connectivity index (χ0n) is 10.8. The molecule has 0 atom stereocenters. The quantitative estimate of drug-likeness (QED) is 0.738. The summed E-state index contributed by atoms with van der Waals surface area (Å²) in [7, 11) is 0. The molecule has 1 saturated carbocycles. The van der Waals surface area contributed by atoms with Gasteiger partial charge in [0.1, 0.15) is 0 Å². The number of nitrogens with one attached hydrogen (secondary N) is 1. The van der Waals surface area contributed by atoms with E-state index in [1.165, 1.54) is 30.4 Å². The van der Waals surface area contributed by atoms with Gasteiger partial charge in [-0.05, 0) is 50.3 Å². The summed E-state index contributed by atoms with van der Waals surface area (Å²) in [6, 6.07) is 8.81. The number of nitrogens with two attached hydrogens (primary N) is 1. The predicted octanol–water partition coefficient (Wildman–Crippen LogP) is 2.26. The van der Waals surface area contributed by atoms with Crippen LogP contribution in [0.2, 0.25) is 0 Å². The van der Waals surface area contributed by atoms with E-state index < -0.39 is 0 Å². The van der Waals surface area contributed by atoms with Crippen LogP contribution < -0.4 is 11.1 Å². The fraction of sp³-hybridized carbons (Fsp3) is 0.600. The summed E-state index contributed by atoms with van der Waals surface area (Å²) in [5.74, 6) is 0. The highest BCUT2D eigenvalue weighted by atomic mass is 14.9. The maximum Gasteiger partial charge on any atom is 0.00200 e. The fourth-order valence-corrected chi connectivity index (χ4v) is 2.47. The van der Waals surface area contributed by atoms with Crippen molar-refractivity contribution in [1.82, 2.24) is 5.32 Å². The largest absolute Gasteiger partial charge is 0.330 e. The molecule has 0 saturated heterocycles. The highest BCUT2D eigenvalue weighted by Crippen LogP contribution is 2.38. The summed E-state index contributed by atoms with van der Waals surface area (Å²) >= 11 is 0. The summed E-state index contributed by atoms with van der Waals surface area (Å²) in [5.41, 5.74) is 9.01. The smallest absolute Gasteiger partial charge is 0.00200 e.